The Labute approximate surface area is 123 Å². The molecule has 0 aliphatic heterocycles. The molecule has 20 heavy (non-hydrogen) atoms. The zero-order chi connectivity index (χ0) is 14.3. The summed E-state index contributed by atoms with van der Waals surface area (Å²) in [5.74, 6) is -0.942. The summed E-state index contributed by atoms with van der Waals surface area (Å²) in [4.78, 5) is 15.4. The number of carboxylic acids is 1. The molecule has 0 fully saturated rings. The molecule has 3 rings (SSSR count). The molecule has 0 saturated carbocycles. The lowest BCUT2D eigenvalue weighted by Crippen LogP contribution is -1.98. The number of carbonyl (C=O) groups is 1. The van der Waals surface area contributed by atoms with Crippen molar-refractivity contribution < 1.29 is 9.90 Å². The van der Waals surface area contributed by atoms with Gasteiger partial charge < -0.3 is 5.11 Å². The number of aromatic nitrogens is 2. The Morgan fingerprint density at radius 1 is 1.25 bits per heavy atom. The number of imidazole rings is 1. The second kappa shape index (κ2) is 4.76. The Hall–Kier alpha value is -2.14. The minimum Gasteiger partial charge on any atom is -0.478 e. The van der Waals surface area contributed by atoms with Gasteiger partial charge in [-0.15, -0.1) is 0 Å². The average Bonchev–Trinajstić information content (AvgIpc) is 2.84. The maximum Gasteiger partial charge on any atom is 0.335 e. The first-order chi connectivity index (χ1) is 9.56. The molecule has 0 saturated heterocycles. The molecule has 4 nitrogen and oxygen atoms in total. The maximum absolute atomic E-state index is 11.1. The van der Waals surface area contributed by atoms with E-state index in [1.165, 1.54) is 0 Å². The predicted molar refractivity (Wildman–Crippen MR) is 80.5 cm³/mol. The smallest absolute Gasteiger partial charge is 0.335 e. The molecule has 1 heterocycles. The van der Waals surface area contributed by atoms with E-state index in [1.54, 1.807) is 24.5 Å². The van der Waals surface area contributed by atoms with Crippen LogP contribution in [0, 0.1) is 6.92 Å². The lowest BCUT2D eigenvalue weighted by atomic mass is 10.2. The zero-order valence-corrected chi connectivity index (χ0v) is 12.3. The quantitative estimate of drug-likeness (QED) is 0.777. The maximum atomic E-state index is 11.1. The first kappa shape index (κ1) is 12.9. The van der Waals surface area contributed by atoms with Gasteiger partial charge in [0.15, 0.2) is 0 Å². The van der Waals surface area contributed by atoms with E-state index in [0.717, 1.165) is 26.8 Å². The Balaban J connectivity index is 2.28. The van der Waals surface area contributed by atoms with Gasteiger partial charge in [-0.1, -0.05) is 6.07 Å². The summed E-state index contributed by atoms with van der Waals surface area (Å²) < 4.78 is 2.82. The van der Waals surface area contributed by atoms with Crippen molar-refractivity contribution in [2.75, 3.05) is 0 Å². The first-order valence-electron chi connectivity index (χ1n) is 6.03. The molecule has 0 amide bonds. The Morgan fingerprint density at radius 3 is 2.80 bits per heavy atom. The van der Waals surface area contributed by atoms with Crippen LogP contribution in [0.2, 0.25) is 0 Å². The van der Waals surface area contributed by atoms with Crippen LogP contribution in [0.3, 0.4) is 0 Å². The van der Waals surface area contributed by atoms with Crippen LogP contribution < -0.4 is 0 Å². The first-order valence-corrected chi connectivity index (χ1v) is 6.82. The van der Waals surface area contributed by atoms with Gasteiger partial charge in [0.2, 0.25) is 0 Å². The van der Waals surface area contributed by atoms with Crippen molar-refractivity contribution in [3.63, 3.8) is 0 Å². The molecule has 2 aromatic carbocycles. The summed E-state index contributed by atoms with van der Waals surface area (Å²) in [6, 6.07) is 10.9. The van der Waals surface area contributed by atoms with Gasteiger partial charge in [-0.2, -0.15) is 0 Å². The topological polar surface area (TPSA) is 55.1 Å². The molecule has 0 unspecified atom stereocenters. The molecule has 0 radical (unpaired) electrons. The fourth-order valence-corrected chi connectivity index (χ4v) is 2.58. The highest BCUT2D eigenvalue weighted by Gasteiger charge is 2.11. The average molecular weight is 331 g/mol. The van der Waals surface area contributed by atoms with Crippen LogP contribution in [0.1, 0.15) is 15.9 Å². The van der Waals surface area contributed by atoms with Gasteiger partial charge in [-0.3, -0.25) is 4.57 Å². The molecule has 1 N–H and O–H groups in total. The number of hydrogen-bond donors (Lipinski definition) is 1. The molecule has 0 aliphatic carbocycles. The van der Waals surface area contributed by atoms with Crippen molar-refractivity contribution in [3.8, 4) is 5.69 Å². The van der Waals surface area contributed by atoms with Gasteiger partial charge in [-0.25, -0.2) is 9.78 Å². The molecule has 3 aromatic rings. The summed E-state index contributed by atoms with van der Waals surface area (Å²) in [5, 5.41) is 9.10. The molecule has 0 bridgehead atoms. The minimum absolute atomic E-state index is 0.253. The molecule has 100 valence electrons. The van der Waals surface area contributed by atoms with Crippen molar-refractivity contribution in [1.82, 2.24) is 9.55 Å². The van der Waals surface area contributed by atoms with Crippen molar-refractivity contribution in [2.24, 2.45) is 0 Å². The molecule has 1 aromatic heterocycles. The van der Waals surface area contributed by atoms with E-state index in [2.05, 4.69) is 20.9 Å². The van der Waals surface area contributed by atoms with E-state index < -0.39 is 5.97 Å². The number of aryl methyl sites for hydroxylation is 1. The number of benzene rings is 2. The van der Waals surface area contributed by atoms with Crippen LogP contribution in [0.4, 0.5) is 0 Å². The van der Waals surface area contributed by atoms with E-state index in [9.17, 15) is 4.79 Å². The number of aromatic carboxylic acids is 1. The lowest BCUT2D eigenvalue weighted by Gasteiger charge is -2.08. The van der Waals surface area contributed by atoms with Crippen molar-refractivity contribution in [1.29, 1.82) is 0 Å². The van der Waals surface area contributed by atoms with Gasteiger partial charge in [0, 0.05) is 4.47 Å². The zero-order valence-electron chi connectivity index (χ0n) is 10.7. The summed E-state index contributed by atoms with van der Waals surface area (Å²) >= 11 is 3.52. The van der Waals surface area contributed by atoms with E-state index >= 15 is 0 Å². The third-order valence-corrected chi connectivity index (χ3v) is 3.83. The van der Waals surface area contributed by atoms with Gasteiger partial charge >= 0.3 is 5.97 Å². The van der Waals surface area contributed by atoms with E-state index in [1.807, 2.05) is 29.7 Å². The summed E-state index contributed by atoms with van der Waals surface area (Å²) in [6.45, 7) is 2.01. The third kappa shape index (κ3) is 2.10. The highest BCUT2D eigenvalue weighted by Crippen LogP contribution is 2.26. The predicted octanol–water partition coefficient (Wildman–Crippen LogP) is 3.79. The Kier molecular flexibility index (Phi) is 3.06. The standard InChI is InChI=1S/C15H11BrN2O2/c1-9-2-4-11(16)13(6-9)18-8-17-12-5-3-10(15(19)20)7-14(12)18/h2-8H,1H3,(H,19,20). The number of nitrogens with zero attached hydrogens (tertiary/aromatic N) is 2. The van der Waals surface area contributed by atoms with Crippen LogP contribution >= 0.6 is 15.9 Å². The molecular formula is C15H11BrN2O2. The van der Waals surface area contributed by atoms with E-state index in [-0.39, 0.29) is 5.56 Å². The summed E-state index contributed by atoms with van der Waals surface area (Å²) in [5.41, 5.74) is 3.86. The molecule has 0 atom stereocenters. The minimum atomic E-state index is -0.942. The monoisotopic (exact) mass is 330 g/mol. The third-order valence-electron chi connectivity index (χ3n) is 3.16. The molecule has 0 aliphatic rings. The fourth-order valence-electron chi connectivity index (χ4n) is 2.14. The SMILES string of the molecule is Cc1ccc(Br)c(-n2cnc3ccc(C(=O)O)cc32)c1. The van der Waals surface area contributed by atoms with Crippen LogP contribution in [-0.4, -0.2) is 20.6 Å². The summed E-state index contributed by atoms with van der Waals surface area (Å²) in [6.07, 6.45) is 1.70. The highest BCUT2D eigenvalue weighted by molar-refractivity contribution is 9.10. The fraction of sp³-hybridized carbons (Fsp3) is 0.0667. The van der Waals surface area contributed by atoms with E-state index in [4.69, 9.17) is 5.11 Å². The van der Waals surface area contributed by atoms with Crippen LogP contribution in [0.5, 0.6) is 0 Å². The number of rotatable bonds is 2. The van der Waals surface area contributed by atoms with Crippen molar-refractivity contribution in [3.05, 3.63) is 58.3 Å². The van der Waals surface area contributed by atoms with E-state index in [0.29, 0.717) is 0 Å². The Morgan fingerprint density at radius 2 is 2.05 bits per heavy atom. The molecule has 5 heteroatoms. The van der Waals surface area contributed by atoms with Crippen LogP contribution in [0.15, 0.2) is 47.2 Å². The van der Waals surface area contributed by atoms with Crippen LogP contribution in [0.25, 0.3) is 16.7 Å². The Bertz CT molecular complexity index is 824. The number of hydrogen-bond acceptors (Lipinski definition) is 2. The summed E-state index contributed by atoms with van der Waals surface area (Å²) in [7, 11) is 0. The largest absolute Gasteiger partial charge is 0.478 e. The van der Waals surface area contributed by atoms with Gasteiger partial charge in [0.25, 0.3) is 0 Å². The lowest BCUT2D eigenvalue weighted by molar-refractivity contribution is 0.0697. The highest BCUT2D eigenvalue weighted by atomic mass is 79.9. The van der Waals surface area contributed by atoms with Crippen molar-refractivity contribution in [2.45, 2.75) is 6.92 Å². The second-order valence-electron chi connectivity index (χ2n) is 4.58. The second-order valence-corrected chi connectivity index (χ2v) is 5.43. The molecular weight excluding hydrogens is 320 g/mol. The van der Waals surface area contributed by atoms with Gasteiger partial charge in [-0.05, 0) is 58.7 Å². The van der Waals surface area contributed by atoms with Gasteiger partial charge in [0.1, 0.15) is 6.33 Å². The van der Waals surface area contributed by atoms with Crippen molar-refractivity contribution >= 4 is 32.9 Å². The normalized spacial score (nSPS) is 10.9. The van der Waals surface area contributed by atoms with Gasteiger partial charge in [0.05, 0.1) is 22.3 Å². The number of carboxylic acid groups (broad SMARTS) is 1. The number of halogens is 1. The number of fused-ring (bicyclic) bond motifs is 1. The van der Waals surface area contributed by atoms with Crippen LogP contribution in [-0.2, 0) is 0 Å². The molecule has 0 spiro atoms.